The number of benzene rings is 2. The van der Waals surface area contributed by atoms with E-state index >= 15 is 0 Å². The van der Waals surface area contributed by atoms with Gasteiger partial charge in [0.15, 0.2) is 0 Å². The normalized spacial score (nSPS) is 10.5. The number of aromatic nitrogens is 2. The number of hydrogen-bond acceptors (Lipinski definition) is 2. The van der Waals surface area contributed by atoms with E-state index in [2.05, 4.69) is 27.8 Å². The maximum absolute atomic E-state index is 5.69. The van der Waals surface area contributed by atoms with E-state index in [9.17, 15) is 0 Å². The molecule has 0 radical (unpaired) electrons. The minimum atomic E-state index is 0.422. The number of nitrogens with two attached hydrogens (primary N) is 1. The molecule has 3 aromatic rings. The predicted octanol–water partition coefficient (Wildman–Crippen LogP) is 3.23. The zero-order valence-corrected chi connectivity index (χ0v) is 12.3. The second-order valence-electron chi connectivity index (χ2n) is 4.81. The maximum atomic E-state index is 5.69. The van der Waals surface area contributed by atoms with Gasteiger partial charge in [-0.1, -0.05) is 60.7 Å². The van der Waals surface area contributed by atoms with Gasteiger partial charge in [-0.2, -0.15) is 0 Å². The van der Waals surface area contributed by atoms with E-state index in [1.54, 1.807) is 0 Å². The molecule has 21 heavy (non-hydrogen) atoms. The lowest BCUT2D eigenvalue weighted by atomic mass is 10.1. The summed E-state index contributed by atoms with van der Waals surface area (Å²) in [5.41, 5.74) is 8.83. The van der Waals surface area contributed by atoms with Crippen molar-refractivity contribution in [2.75, 3.05) is 0 Å². The van der Waals surface area contributed by atoms with Gasteiger partial charge in [0.05, 0.1) is 0 Å². The van der Waals surface area contributed by atoms with Gasteiger partial charge >= 0.3 is 0 Å². The summed E-state index contributed by atoms with van der Waals surface area (Å²) in [4.78, 5) is 4.87. The molecule has 0 aliphatic rings. The molecule has 3 rings (SSSR count). The fraction of sp³-hybridized carbons (Fsp3) is 0.0588. The van der Waals surface area contributed by atoms with E-state index in [0.29, 0.717) is 4.99 Å². The van der Waals surface area contributed by atoms with Gasteiger partial charge in [-0.05, 0) is 11.6 Å². The van der Waals surface area contributed by atoms with Crippen LogP contribution in [-0.2, 0) is 6.54 Å². The molecule has 0 saturated carbocycles. The smallest absolute Gasteiger partial charge is 0.140 e. The van der Waals surface area contributed by atoms with Crippen molar-refractivity contribution in [3.05, 3.63) is 78.1 Å². The molecule has 0 unspecified atom stereocenters. The van der Waals surface area contributed by atoms with Gasteiger partial charge in [0, 0.05) is 30.1 Å². The molecule has 0 saturated heterocycles. The van der Waals surface area contributed by atoms with E-state index in [0.717, 1.165) is 29.1 Å². The second kappa shape index (κ2) is 5.89. The third kappa shape index (κ3) is 3.01. The lowest BCUT2D eigenvalue weighted by molar-refractivity contribution is 0.807. The lowest BCUT2D eigenvalue weighted by Gasteiger charge is -2.09. The van der Waals surface area contributed by atoms with Crippen molar-refractivity contribution in [3.63, 3.8) is 0 Å². The van der Waals surface area contributed by atoms with E-state index in [4.69, 9.17) is 18.0 Å². The lowest BCUT2D eigenvalue weighted by Crippen LogP contribution is -2.10. The standard InChI is InChI=1S/C17H15N3S/c18-16(21)15-8-4-5-13(11-15)12-20-10-9-19-17(20)14-6-2-1-3-7-14/h1-11H,12H2,(H2,18,21). The van der Waals surface area contributed by atoms with Gasteiger partial charge in [-0.3, -0.25) is 0 Å². The minimum absolute atomic E-state index is 0.422. The Labute approximate surface area is 129 Å². The topological polar surface area (TPSA) is 43.8 Å². The largest absolute Gasteiger partial charge is 0.389 e. The monoisotopic (exact) mass is 293 g/mol. The quantitative estimate of drug-likeness (QED) is 0.751. The molecule has 104 valence electrons. The molecule has 4 heteroatoms. The van der Waals surface area contributed by atoms with Gasteiger partial charge in [-0.15, -0.1) is 0 Å². The third-order valence-corrected chi connectivity index (χ3v) is 3.55. The molecule has 0 aliphatic carbocycles. The van der Waals surface area contributed by atoms with Crippen LogP contribution in [0.5, 0.6) is 0 Å². The SMILES string of the molecule is NC(=S)c1cccc(Cn2ccnc2-c2ccccc2)c1. The first kappa shape index (κ1) is 13.5. The number of thiocarbonyl (C=S) groups is 1. The van der Waals surface area contributed by atoms with Crippen LogP contribution in [0.15, 0.2) is 67.0 Å². The summed E-state index contributed by atoms with van der Waals surface area (Å²) < 4.78 is 2.12. The first-order chi connectivity index (χ1) is 10.2. The van der Waals surface area contributed by atoms with Crippen LogP contribution in [0.4, 0.5) is 0 Å². The van der Waals surface area contributed by atoms with Crippen molar-refractivity contribution in [1.82, 2.24) is 9.55 Å². The first-order valence-electron chi connectivity index (χ1n) is 6.69. The summed E-state index contributed by atoms with van der Waals surface area (Å²) in [5.74, 6) is 0.955. The van der Waals surface area contributed by atoms with Crippen LogP contribution in [0.2, 0.25) is 0 Å². The Morgan fingerprint density at radius 3 is 2.67 bits per heavy atom. The zero-order valence-electron chi connectivity index (χ0n) is 11.4. The summed E-state index contributed by atoms with van der Waals surface area (Å²) in [6, 6.07) is 18.1. The van der Waals surface area contributed by atoms with Crippen LogP contribution >= 0.6 is 12.2 Å². The molecule has 0 spiro atoms. The van der Waals surface area contributed by atoms with Crippen molar-refractivity contribution in [1.29, 1.82) is 0 Å². The molecule has 0 fully saturated rings. The molecule has 3 nitrogen and oxygen atoms in total. The molecule has 0 bridgehead atoms. The van der Waals surface area contributed by atoms with Crippen molar-refractivity contribution >= 4 is 17.2 Å². The Bertz CT molecular complexity index is 762. The summed E-state index contributed by atoms with van der Waals surface area (Å²) in [7, 11) is 0. The zero-order chi connectivity index (χ0) is 14.7. The van der Waals surface area contributed by atoms with Gasteiger partial charge < -0.3 is 10.3 Å². The van der Waals surface area contributed by atoms with E-state index in [1.165, 1.54) is 0 Å². The molecule has 0 aliphatic heterocycles. The molecule has 0 atom stereocenters. The summed E-state index contributed by atoms with van der Waals surface area (Å²) >= 11 is 5.03. The molecule has 0 amide bonds. The van der Waals surface area contributed by atoms with Crippen LogP contribution in [0.1, 0.15) is 11.1 Å². The predicted molar refractivity (Wildman–Crippen MR) is 89.1 cm³/mol. The van der Waals surface area contributed by atoms with Crippen molar-refractivity contribution in [3.8, 4) is 11.4 Å². The van der Waals surface area contributed by atoms with Crippen LogP contribution in [0.25, 0.3) is 11.4 Å². The van der Waals surface area contributed by atoms with Crippen molar-refractivity contribution in [2.24, 2.45) is 5.73 Å². The fourth-order valence-electron chi connectivity index (χ4n) is 2.30. The molecule has 1 heterocycles. The van der Waals surface area contributed by atoms with E-state index in [1.807, 2.05) is 48.8 Å². The Balaban J connectivity index is 1.92. The Hall–Kier alpha value is -2.46. The van der Waals surface area contributed by atoms with Crippen LogP contribution < -0.4 is 5.73 Å². The van der Waals surface area contributed by atoms with Crippen LogP contribution in [-0.4, -0.2) is 14.5 Å². The number of nitrogens with zero attached hydrogens (tertiary/aromatic N) is 2. The molecule has 2 N–H and O–H groups in total. The van der Waals surface area contributed by atoms with Gasteiger partial charge in [0.2, 0.25) is 0 Å². The number of rotatable bonds is 4. The van der Waals surface area contributed by atoms with Crippen molar-refractivity contribution < 1.29 is 0 Å². The van der Waals surface area contributed by atoms with E-state index in [-0.39, 0.29) is 0 Å². The molecule has 1 aromatic heterocycles. The second-order valence-corrected chi connectivity index (χ2v) is 5.25. The Kier molecular flexibility index (Phi) is 3.79. The summed E-state index contributed by atoms with van der Waals surface area (Å²) in [5, 5.41) is 0. The highest BCUT2D eigenvalue weighted by atomic mass is 32.1. The maximum Gasteiger partial charge on any atom is 0.140 e. The minimum Gasteiger partial charge on any atom is -0.389 e. The van der Waals surface area contributed by atoms with Gasteiger partial charge in [-0.25, -0.2) is 4.98 Å². The highest BCUT2D eigenvalue weighted by molar-refractivity contribution is 7.80. The summed E-state index contributed by atoms with van der Waals surface area (Å²) in [6.45, 7) is 0.737. The van der Waals surface area contributed by atoms with Gasteiger partial charge in [0.1, 0.15) is 10.8 Å². The first-order valence-corrected chi connectivity index (χ1v) is 7.10. The van der Waals surface area contributed by atoms with Crippen LogP contribution in [0, 0.1) is 0 Å². The molecular weight excluding hydrogens is 278 g/mol. The highest BCUT2D eigenvalue weighted by Gasteiger charge is 2.06. The Morgan fingerprint density at radius 1 is 1.10 bits per heavy atom. The third-order valence-electron chi connectivity index (χ3n) is 3.31. The highest BCUT2D eigenvalue weighted by Crippen LogP contribution is 2.18. The fourth-order valence-corrected chi connectivity index (χ4v) is 2.43. The number of imidazole rings is 1. The van der Waals surface area contributed by atoms with Crippen molar-refractivity contribution in [2.45, 2.75) is 6.54 Å². The average Bonchev–Trinajstić information content (AvgIpc) is 2.96. The van der Waals surface area contributed by atoms with Crippen LogP contribution in [0.3, 0.4) is 0 Å². The number of hydrogen-bond donors (Lipinski definition) is 1. The average molecular weight is 293 g/mol. The molecule has 2 aromatic carbocycles. The summed E-state index contributed by atoms with van der Waals surface area (Å²) in [6.07, 6.45) is 3.80. The van der Waals surface area contributed by atoms with E-state index < -0.39 is 0 Å². The molecular formula is C17H15N3S. The van der Waals surface area contributed by atoms with Gasteiger partial charge in [0.25, 0.3) is 0 Å². The Morgan fingerprint density at radius 2 is 1.90 bits per heavy atom.